The number of nitrogens with two attached hydrogens (primary N) is 1. The molecule has 149 valence electrons. The Kier molecular flexibility index (Phi) is 7.35. The molecular weight excluding hydrogens is 365 g/mol. The maximum Gasteiger partial charge on any atom is 0.325 e. The zero-order chi connectivity index (χ0) is 20.6. The molecule has 7 heteroatoms. The van der Waals surface area contributed by atoms with Gasteiger partial charge in [-0.2, -0.15) is 0 Å². The summed E-state index contributed by atoms with van der Waals surface area (Å²) in [4.78, 5) is 17.2. The highest BCUT2D eigenvalue weighted by Crippen LogP contribution is 2.28. The largest absolute Gasteiger partial charge is 0.437 e. The van der Waals surface area contributed by atoms with E-state index in [1.165, 1.54) is 0 Å². The third-order valence-electron chi connectivity index (χ3n) is 4.93. The molecule has 2 aromatic rings. The van der Waals surface area contributed by atoms with Crippen LogP contribution in [0, 0.1) is 5.92 Å². The second kappa shape index (κ2) is 10.2. The molecule has 29 heavy (non-hydrogen) atoms. The fourth-order valence-electron chi connectivity index (χ4n) is 3.53. The van der Waals surface area contributed by atoms with Gasteiger partial charge in [0.1, 0.15) is 0 Å². The van der Waals surface area contributed by atoms with Crippen LogP contribution in [0.1, 0.15) is 12.8 Å². The fraction of sp³-hybridized carbons (Fsp3) is 0.273. The van der Waals surface area contributed by atoms with Crippen LogP contribution in [0.5, 0.6) is 0 Å². The molecule has 1 aliphatic carbocycles. The molecule has 0 spiro atoms. The van der Waals surface area contributed by atoms with Crippen LogP contribution >= 0.6 is 0 Å². The molecule has 1 aromatic heterocycles. The highest BCUT2D eigenvalue weighted by molar-refractivity contribution is 6.38. The van der Waals surface area contributed by atoms with Gasteiger partial charge in [-0.1, -0.05) is 35.3 Å². The number of aromatic nitrogens is 1. The van der Waals surface area contributed by atoms with Crippen molar-refractivity contribution in [2.24, 2.45) is 11.7 Å². The SMILES string of the molecule is CO[B]C1=CC=CC(C(CN)C(=O)Nc2ccc3cnccc3c2)=C(CCO)C1. The Morgan fingerprint density at radius 1 is 1.38 bits per heavy atom. The molecule has 1 amide bonds. The third-order valence-corrected chi connectivity index (χ3v) is 4.93. The Morgan fingerprint density at radius 2 is 2.24 bits per heavy atom. The molecule has 1 aromatic carbocycles. The summed E-state index contributed by atoms with van der Waals surface area (Å²) < 4.78 is 5.13. The van der Waals surface area contributed by atoms with E-state index in [1.807, 2.05) is 42.5 Å². The van der Waals surface area contributed by atoms with Gasteiger partial charge in [0, 0.05) is 43.7 Å². The molecule has 0 aliphatic heterocycles. The van der Waals surface area contributed by atoms with Crippen LogP contribution in [-0.4, -0.2) is 43.7 Å². The zero-order valence-electron chi connectivity index (χ0n) is 16.5. The van der Waals surface area contributed by atoms with Gasteiger partial charge in [-0.25, -0.2) is 0 Å². The van der Waals surface area contributed by atoms with Crippen LogP contribution in [0.4, 0.5) is 5.69 Å². The number of hydrogen-bond donors (Lipinski definition) is 3. The van der Waals surface area contributed by atoms with Gasteiger partial charge in [-0.05, 0) is 42.0 Å². The Labute approximate surface area is 171 Å². The predicted molar refractivity (Wildman–Crippen MR) is 116 cm³/mol. The Bertz CT molecular complexity index is 969. The summed E-state index contributed by atoms with van der Waals surface area (Å²) in [5.74, 6) is -0.689. The van der Waals surface area contributed by atoms with Crippen molar-refractivity contribution in [3.8, 4) is 0 Å². The molecule has 3 rings (SSSR count). The van der Waals surface area contributed by atoms with Crippen molar-refractivity contribution in [1.29, 1.82) is 0 Å². The van der Waals surface area contributed by atoms with Gasteiger partial charge in [-0.3, -0.25) is 9.78 Å². The van der Waals surface area contributed by atoms with Crippen LogP contribution in [0.3, 0.4) is 0 Å². The average Bonchev–Trinajstić information content (AvgIpc) is 2.91. The molecule has 1 unspecified atom stereocenters. The van der Waals surface area contributed by atoms with Crippen LogP contribution < -0.4 is 11.1 Å². The Hall–Kier alpha value is -2.74. The second-order valence-electron chi connectivity index (χ2n) is 6.88. The maximum absolute atomic E-state index is 13.1. The number of anilines is 1. The van der Waals surface area contributed by atoms with Crippen molar-refractivity contribution >= 4 is 29.8 Å². The quantitative estimate of drug-likeness (QED) is 0.602. The summed E-state index contributed by atoms with van der Waals surface area (Å²) >= 11 is 0. The highest BCUT2D eigenvalue weighted by Gasteiger charge is 2.24. The van der Waals surface area contributed by atoms with E-state index in [1.54, 1.807) is 27.0 Å². The number of nitrogens with zero attached hydrogens (tertiary/aromatic N) is 1. The number of pyridine rings is 1. The van der Waals surface area contributed by atoms with Crippen molar-refractivity contribution in [3.63, 3.8) is 0 Å². The number of amides is 1. The zero-order valence-corrected chi connectivity index (χ0v) is 16.5. The summed E-state index contributed by atoms with van der Waals surface area (Å²) in [6.45, 7) is 0.172. The first-order valence-corrected chi connectivity index (χ1v) is 9.57. The summed E-state index contributed by atoms with van der Waals surface area (Å²) in [5, 5.41) is 14.5. The first-order chi connectivity index (χ1) is 14.2. The van der Waals surface area contributed by atoms with E-state index in [0.717, 1.165) is 27.4 Å². The number of rotatable bonds is 8. The number of fused-ring (bicyclic) bond motifs is 1. The predicted octanol–water partition coefficient (Wildman–Crippen LogP) is 2.54. The number of hydrogen-bond acceptors (Lipinski definition) is 5. The fourth-order valence-corrected chi connectivity index (χ4v) is 3.53. The standard InChI is InChI=1S/C22H25BN3O3/c1-29-23-18-3-2-4-20(16(11-18)8-10-27)21(13-24)22(28)26-19-6-5-17-14-25-9-7-15(17)12-19/h2-7,9,12,14,21,27H,8,10-11,13,24H2,1H3,(H,26,28). The minimum Gasteiger partial charge on any atom is -0.437 e. The summed E-state index contributed by atoms with van der Waals surface area (Å²) in [6, 6.07) is 7.60. The van der Waals surface area contributed by atoms with Gasteiger partial charge in [0.2, 0.25) is 5.91 Å². The minimum atomic E-state index is -0.517. The van der Waals surface area contributed by atoms with Crippen LogP contribution in [0.2, 0.25) is 0 Å². The molecule has 0 saturated carbocycles. The van der Waals surface area contributed by atoms with E-state index in [0.29, 0.717) is 18.5 Å². The summed E-state index contributed by atoms with van der Waals surface area (Å²) in [7, 11) is 3.27. The van der Waals surface area contributed by atoms with Crippen LogP contribution in [0.15, 0.2) is 71.5 Å². The topological polar surface area (TPSA) is 97.5 Å². The first-order valence-electron chi connectivity index (χ1n) is 9.57. The van der Waals surface area contributed by atoms with E-state index >= 15 is 0 Å². The lowest BCUT2D eigenvalue weighted by Crippen LogP contribution is -2.31. The number of allylic oxidation sites excluding steroid dienone is 4. The van der Waals surface area contributed by atoms with Crippen LogP contribution in [0.25, 0.3) is 10.8 Å². The third kappa shape index (κ3) is 5.20. The second-order valence-corrected chi connectivity index (χ2v) is 6.88. The van der Waals surface area contributed by atoms with E-state index < -0.39 is 5.92 Å². The number of aliphatic hydroxyl groups excluding tert-OH is 1. The number of benzene rings is 1. The molecule has 0 saturated heterocycles. The normalized spacial score (nSPS) is 15.1. The van der Waals surface area contributed by atoms with Crippen molar-refractivity contribution in [2.45, 2.75) is 12.8 Å². The van der Waals surface area contributed by atoms with Crippen LogP contribution in [-0.2, 0) is 9.45 Å². The smallest absolute Gasteiger partial charge is 0.325 e. The first kappa shape index (κ1) is 21.0. The summed E-state index contributed by atoms with van der Waals surface area (Å²) in [5.41, 5.74) is 9.51. The van der Waals surface area contributed by atoms with E-state index in [9.17, 15) is 9.90 Å². The van der Waals surface area contributed by atoms with Crippen molar-refractivity contribution in [1.82, 2.24) is 4.98 Å². The summed E-state index contributed by atoms with van der Waals surface area (Å²) in [6.07, 6.45) is 10.3. The molecule has 4 N–H and O–H groups in total. The van der Waals surface area contributed by atoms with E-state index in [2.05, 4.69) is 10.3 Å². The Balaban J connectivity index is 1.85. The highest BCUT2D eigenvalue weighted by atomic mass is 16.4. The number of nitrogens with one attached hydrogen (secondary N) is 1. The average molecular weight is 390 g/mol. The maximum atomic E-state index is 13.1. The lowest BCUT2D eigenvalue weighted by Gasteiger charge is -2.20. The van der Waals surface area contributed by atoms with Crippen molar-refractivity contribution in [3.05, 3.63) is 71.5 Å². The molecule has 1 aliphatic rings. The lowest BCUT2D eigenvalue weighted by molar-refractivity contribution is -0.118. The van der Waals surface area contributed by atoms with Crippen molar-refractivity contribution in [2.75, 3.05) is 25.6 Å². The van der Waals surface area contributed by atoms with E-state index in [-0.39, 0.29) is 19.1 Å². The molecule has 1 heterocycles. The van der Waals surface area contributed by atoms with E-state index in [4.69, 9.17) is 10.4 Å². The van der Waals surface area contributed by atoms with Gasteiger partial charge in [0.15, 0.2) is 0 Å². The lowest BCUT2D eigenvalue weighted by atomic mass is 9.80. The Morgan fingerprint density at radius 3 is 3.00 bits per heavy atom. The number of carbonyl (C=O) groups excluding carboxylic acids is 1. The van der Waals surface area contributed by atoms with Crippen molar-refractivity contribution < 1.29 is 14.6 Å². The molecule has 1 atom stereocenters. The van der Waals surface area contributed by atoms with Gasteiger partial charge >= 0.3 is 7.48 Å². The van der Waals surface area contributed by atoms with Gasteiger partial charge in [0.25, 0.3) is 0 Å². The van der Waals surface area contributed by atoms with Gasteiger partial charge < -0.3 is 20.8 Å². The number of carbonyl (C=O) groups is 1. The molecule has 0 fully saturated rings. The van der Waals surface area contributed by atoms with Gasteiger partial charge in [0.05, 0.1) is 5.92 Å². The molecular formula is C22H25BN3O3. The minimum absolute atomic E-state index is 0.00452. The van der Waals surface area contributed by atoms with Gasteiger partial charge in [-0.15, -0.1) is 0 Å². The molecule has 1 radical (unpaired) electrons. The monoisotopic (exact) mass is 390 g/mol. The molecule has 6 nitrogen and oxygen atoms in total. The molecule has 0 bridgehead atoms. The number of aliphatic hydroxyl groups is 1.